The molecule has 0 saturated heterocycles. The van der Waals surface area contributed by atoms with E-state index in [0.717, 1.165) is 11.1 Å². The lowest BCUT2D eigenvalue weighted by molar-refractivity contribution is -0.139. The van der Waals surface area contributed by atoms with Crippen LogP contribution in [0, 0.1) is 0 Å². The number of hydrogen-bond acceptors (Lipinski definition) is 5. The zero-order chi connectivity index (χ0) is 22.2. The number of hydrogen-bond donors (Lipinski definition) is 1. The third-order valence-electron chi connectivity index (χ3n) is 5.35. The van der Waals surface area contributed by atoms with Crippen molar-refractivity contribution >= 4 is 15.9 Å². The van der Waals surface area contributed by atoms with Crippen LogP contribution < -0.4 is 4.74 Å². The molecule has 31 heavy (non-hydrogen) atoms. The molecule has 1 amide bonds. The number of ether oxygens (including phenoxy) is 1. The smallest absolute Gasteiger partial charge is 0.387 e. The first-order valence-electron chi connectivity index (χ1n) is 9.52. The number of halogens is 2. The molecule has 2 heterocycles. The van der Waals surface area contributed by atoms with E-state index >= 15 is 0 Å². The minimum absolute atomic E-state index is 0.0253. The van der Waals surface area contributed by atoms with E-state index in [0.29, 0.717) is 5.56 Å². The van der Waals surface area contributed by atoms with E-state index in [1.807, 2.05) is 0 Å². The van der Waals surface area contributed by atoms with Gasteiger partial charge in [0.2, 0.25) is 10.0 Å². The highest BCUT2D eigenvalue weighted by atomic mass is 32.2. The van der Waals surface area contributed by atoms with Crippen molar-refractivity contribution in [2.45, 2.75) is 17.6 Å². The number of benzene rings is 2. The van der Waals surface area contributed by atoms with Crippen molar-refractivity contribution in [1.82, 2.24) is 9.21 Å². The van der Waals surface area contributed by atoms with E-state index in [4.69, 9.17) is 0 Å². The normalized spacial score (nSPS) is 17.9. The third kappa shape index (κ3) is 4.32. The average Bonchev–Trinajstić information content (AvgIpc) is 3.33. The lowest BCUT2D eigenvalue weighted by Gasteiger charge is -2.24. The summed E-state index contributed by atoms with van der Waals surface area (Å²) in [6, 6.07) is 13.4. The molecule has 0 saturated carbocycles. The molecule has 0 spiro atoms. The summed E-state index contributed by atoms with van der Waals surface area (Å²) in [6.45, 7) is -2.20. The standard InChI is InChI=1S/C21H20F2N2O5S/c22-21(23)30-17-6-8-18(9-7-17)31(28,29)25-12-15-10-24(11-16(15)13-25)20(27)19(26)14-4-2-1-3-5-14/h1-9,19,21,26H,10-13H2/t19-/m1/s1. The number of rotatable bonds is 6. The monoisotopic (exact) mass is 450 g/mol. The van der Waals surface area contributed by atoms with Crippen molar-refractivity contribution in [3.05, 3.63) is 71.3 Å². The largest absolute Gasteiger partial charge is 0.435 e. The molecule has 1 N–H and O–H groups in total. The average molecular weight is 450 g/mol. The van der Waals surface area contributed by atoms with Crippen molar-refractivity contribution in [2.24, 2.45) is 0 Å². The number of aliphatic hydroxyl groups excluding tert-OH is 1. The highest BCUT2D eigenvalue weighted by molar-refractivity contribution is 7.89. The van der Waals surface area contributed by atoms with Crippen molar-refractivity contribution in [3.63, 3.8) is 0 Å². The Morgan fingerprint density at radius 1 is 0.935 bits per heavy atom. The molecule has 164 valence electrons. The van der Waals surface area contributed by atoms with Crippen LogP contribution >= 0.6 is 0 Å². The van der Waals surface area contributed by atoms with Gasteiger partial charge in [-0.3, -0.25) is 4.79 Å². The quantitative estimate of drug-likeness (QED) is 0.682. The van der Waals surface area contributed by atoms with E-state index in [1.54, 1.807) is 30.3 Å². The highest BCUT2D eigenvalue weighted by Gasteiger charge is 2.38. The fourth-order valence-electron chi connectivity index (χ4n) is 3.76. The minimum Gasteiger partial charge on any atom is -0.435 e. The van der Waals surface area contributed by atoms with E-state index in [-0.39, 0.29) is 36.8 Å². The first-order chi connectivity index (χ1) is 14.8. The van der Waals surface area contributed by atoms with Gasteiger partial charge in [-0.2, -0.15) is 13.1 Å². The maximum Gasteiger partial charge on any atom is 0.387 e. The van der Waals surface area contributed by atoms with Crippen LogP contribution in [0.3, 0.4) is 0 Å². The number of amides is 1. The van der Waals surface area contributed by atoms with Crippen LogP contribution in [0.4, 0.5) is 8.78 Å². The zero-order valence-electron chi connectivity index (χ0n) is 16.3. The molecule has 7 nitrogen and oxygen atoms in total. The SMILES string of the molecule is O=C([C@H](O)c1ccccc1)N1CC2=C(C1)CN(S(=O)(=O)c1ccc(OC(F)F)cc1)C2. The predicted molar refractivity (Wildman–Crippen MR) is 107 cm³/mol. The van der Waals surface area contributed by atoms with Crippen molar-refractivity contribution in [1.29, 1.82) is 0 Å². The van der Waals surface area contributed by atoms with Crippen molar-refractivity contribution in [2.75, 3.05) is 26.2 Å². The van der Waals surface area contributed by atoms with Crippen LogP contribution in [-0.2, 0) is 14.8 Å². The molecule has 2 aromatic carbocycles. The van der Waals surface area contributed by atoms with E-state index in [1.165, 1.54) is 33.5 Å². The van der Waals surface area contributed by atoms with Crippen LogP contribution in [0.5, 0.6) is 5.75 Å². The van der Waals surface area contributed by atoms with Gasteiger partial charge in [0.25, 0.3) is 5.91 Å². The summed E-state index contributed by atoms with van der Waals surface area (Å²) >= 11 is 0. The Bertz CT molecular complexity index is 1090. The van der Waals surface area contributed by atoms with Crippen molar-refractivity contribution in [3.8, 4) is 5.75 Å². The van der Waals surface area contributed by atoms with Gasteiger partial charge in [0.05, 0.1) is 4.90 Å². The van der Waals surface area contributed by atoms with Gasteiger partial charge in [-0.05, 0) is 41.0 Å². The molecular formula is C21H20F2N2O5S. The molecule has 0 bridgehead atoms. The van der Waals surface area contributed by atoms with Gasteiger partial charge in [0.1, 0.15) is 5.75 Å². The predicted octanol–water partition coefficient (Wildman–Crippen LogP) is 2.16. The van der Waals surface area contributed by atoms with Gasteiger partial charge in [0, 0.05) is 26.2 Å². The van der Waals surface area contributed by atoms with Gasteiger partial charge in [-0.15, -0.1) is 0 Å². The Balaban J connectivity index is 1.39. The molecular weight excluding hydrogens is 430 g/mol. The number of nitrogens with zero attached hydrogens (tertiary/aromatic N) is 2. The Kier molecular flexibility index (Phi) is 5.78. The van der Waals surface area contributed by atoms with Crippen molar-refractivity contribution < 1.29 is 31.8 Å². The van der Waals surface area contributed by atoms with Crippen LogP contribution in [0.15, 0.2) is 70.6 Å². The van der Waals surface area contributed by atoms with Gasteiger partial charge < -0.3 is 14.7 Å². The Hall–Kier alpha value is -2.82. The topological polar surface area (TPSA) is 87.2 Å². The molecule has 0 aliphatic carbocycles. The number of carbonyl (C=O) groups is 1. The molecule has 0 unspecified atom stereocenters. The van der Waals surface area contributed by atoms with Gasteiger partial charge in [-0.25, -0.2) is 8.42 Å². The second kappa shape index (κ2) is 8.37. The summed E-state index contributed by atoms with van der Waals surface area (Å²) in [5.74, 6) is -0.549. The van der Waals surface area contributed by atoms with Gasteiger partial charge in [0.15, 0.2) is 6.10 Å². The maximum absolute atomic E-state index is 12.9. The summed E-state index contributed by atoms with van der Waals surface area (Å²) in [7, 11) is -3.83. The van der Waals surface area contributed by atoms with Crippen LogP contribution in [-0.4, -0.2) is 61.4 Å². The fourth-order valence-corrected chi connectivity index (χ4v) is 5.19. The number of aliphatic hydroxyl groups is 1. The molecule has 0 fully saturated rings. The van der Waals surface area contributed by atoms with Crippen LogP contribution in [0.2, 0.25) is 0 Å². The maximum atomic E-state index is 12.9. The van der Waals surface area contributed by atoms with E-state index < -0.39 is 28.6 Å². The zero-order valence-corrected chi connectivity index (χ0v) is 17.1. The summed E-state index contributed by atoms with van der Waals surface area (Å²) in [5.41, 5.74) is 2.16. The fraction of sp³-hybridized carbons (Fsp3) is 0.286. The number of carbonyl (C=O) groups excluding carboxylic acids is 1. The summed E-state index contributed by atoms with van der Waals surface area (Å²) in [6.07, 6.45) is -1.27. The second-order valence-electron chi connectivity index (χ2n) is 7.34. The molecule has 2 aromatic rings. The molecule has 1 atom stereocenters. The summed E-state index contributed by atoms with van der Waals surface area (Å²) in [4.78, 5) is 14.1. The molecule has 10 heteroatoms. The number of alkyl halides is 2. The van der Waals surface area contributed by atoms with Crippen LogP contribution in [0.25, 0.3) is 0 Å². The first kappa shape index (κ1) is 21.4. The summed E-state index contributed by atoms with van der Waals surface area (Å²) < 4.78 is 55.9. The molecule has 2 aliphatic heterocycles. The Morgan fingerprint density at radius 3 is 2.06 bits per heavy atom. The first-order valence-corrected chi connectivity index (χ1v) is 11.0. The minimum atomic E-state index is -3.83. The highest BCUT2D eigenvalue weighted by Crippen LogP contribution is 2.31. The van der Waals surface area contributed by atoms with Crippen LogP contribution in [0.1, 0.15) is 11.7 Å². The summed E-state index contributed by atoms with van der Waals surface area (Å²) in [5, 5.41) is 10.3. The lowest BCUT2D eigenvalue weighted by atomic mass is 10.1. The molecule has 0 radical (unpaired) electrons. The lowest BCUT2D eigenvalue weighted by Crippen LogP contribution is -2.38. The molecule has 0 aromatic heterocycles. The van der Waals surface area contributed by atoms with E-state index in [9.17, 15) is 27.1 Å². The second-order valence-corrected chi connectivity index (χ2v) is 9.28. The number of sulfonamides is 1. The van der Waals surface area contributed by atoms with Gasteiger partial charge in [-0.1, -0.05) is 30.3 Å². The third-order valence-corrected chi connectivity index (χ3v) is 7.15. The molecule has 4 rings (SSSR count). The van der Waals surface area contributed by atoms with Gasteiger partial charge >= 0.3 is 6.61 Å². The van der Waals surface area contributed by atoms with E-state index in [2.05, 4.69) is 4.74 Å². The molecule has 2 aliphatic rings. The Labute approximate surface area is 178 Å². The Morgan fingerprint density at radius 2 is 1.52 bits per heavy atom.